The molecule has 0 aromatic rings. The van der Waals surface area contributed by atoms with Crippen LogP contribution in [0.2, 0.25) is 0 Å². The van der Waals surface area contributed by atoms with Gasteiger partial charge >= 0.3 is 35.2 Å². The number of hydrogen-bond acceptors (Lipinski definition) is 9. The van der Waals surface area contributed by atoms with Crippen LogP contribution in [0.25, 0.3) is 0 Å². The molecular weight excluding hydrogens is 525 g/mol. The minimum absolute atomic E-state index is 0. The zero-order valence-corrected chi connectivity index (χ0v) is 19.9. The van der Waals surface area contributed by atoms with Crippen LogP contribution in [0.3, 0.4) is 0 Å². The summed E-state index contributed by atoms with van der Waals surface area (Å²) in [5.74, 6) is -0.629. The molecule has 15 nitrogen and oxygen atoms in total. The van der Waals surface area contributed by atoms with Crippen molar-refractivity contribution in [1.82, 2.24) is 0 Å². The number of hydrogen-bond donors (Lipinski definition) is 6. The largest absolute Gasteiger partial charge is 0.469 e. The average molecular weight is 560 g/mol. The number of carbonyl (C=O) groups is 2. The second-order valence-electron chi connectivity index (χ2n) is 5.25. The fourth-order valence-corrected chi connectivity index (χ4v) is 1.45. The van der Waals surface area contributed by atoms with Crippen LogP contribution in [0.15, 0.2) is 36.7 Å². The van der Waals surface area contributed by atoms with Crippen molar-refractivity contribution < 1.29 is 71.2 Å². The summed E-state index contributed by atoms with van der Waals surface area (Å²) in [7, 11) is -12.8. The van der Waals surface area contributed by atoms with E-state index in [1.165, 1.54) is 13.8 Å². The number of ether oxygens (including phenoxy) is 2. The maximum atomic E-state index is 10.7. The van der Waals surface area contributed by atoms with E-state index in [0.29, 0.717) is 5.82 Å². The molecule has 0 rings (SSSR count). The summed E-state index contributed by atoms with van der Waals surface area (Å²) in [6, 6.07) is 0. The quantitative estimate of drug-likeness (QED) is 0.0916. The number of carbonyl (C=O) groups excluding carboxylic acids is 2. The van der Waals surface area contributed by atoms with E-state index in [0.717, 1.165) is 0 Å². The van der Waals surface area contributed by atoms with E-state index in [1.54, 1.807) is 0 Å². The van der Waals surface area contributed by atoms with E-state index < -0.39 is 35.2 Å². The molecular formula is C16H35O15P3. The van der Waals surface area contributed by atoms with Crippen LogP contribution >= 0.6 is 23.2 Å². The number of phosphoric acid groups is 2. The molecule has 0 saturated heterocycles. The lowest BCUT2D eigenvalue weighted by atomic mass is 10.4. The molecule has 0 bridgehead atoms. The normalized spacial score (nSPS) is 10.4. The summed E-state index contributed by atoms with van der Waals surface area (Å²) in [5.41, 5.74) is 0.437. The fraction of sp³-hybridized carbons (Fsp3) is 0.500. The predicted molar refractivity (Wildman–Crippen MR) is 123 cm³/mol. The van der Waals surface area contributed by atoms with Crippen LogP contribution in [0.5, 0.6) is 0 Å². The zero-order valence-electron chi connectivity index (χ0n) is 17.2. The van der Waals surface area contributed by atoms with E-state index in [9.17, 15) is 23.3 Å². The SMILES string of the molecule is C.C.C=C(C)C(=O)OCCOP(=O)(O)O.C=C(C)C(=O)OCCOP(=O)(O)O.C=CP(=O)(O)O. The van der Waals surface area contributed by atoms with Crippen molar-refractivity contribution in [2.45, 2.75) is 28.7 Å². The van der Waals surface area contributed by atoms with E-state index in [4.69, 9.17) is 29.4 Å². The molecule has 0 aromatic carbocycles. The summed E-state index contributed by atoms with van der Waals surface area (Å²) in [4.78, 5) is 69.9. The summed E-state index contributed by atoms with van der Waals surface area (Å²) < 4.78 is 46.8. The van der Waals surface area contributed by atoms with E-state index in [2.05, 4.69) is 38.3 Å². The molecule has 0 unspecified atom stereocenters. The minimum Gasteiger partial charge on any atom is -0.460 e. The maximum Gasteiger partial charge on any atom is 0.469 e. The molecule has 0 atom stereocenters. The Labute approximate surface area is 198 Å². The van der Waals surface area contributed by atoms with Gasteiger partial charge in [0, 0.05) is 17.0 Å². The van der Waals surface area contributed by atoms with E-state index in [-0.39, 0.29) is 52.4 Å². The Morgan fingerprint density at radius 3 is 1.09 bits per heavy atom. The molecule has 34 heavy (non-hydrogen) atoms. The van der Waals surface area contributed by atoms with Crippen LogP contribution in [0, 0.1) is 0 Å². The van der Waals surface area contributed by atoms with Gasteiger partial charge in [-0.3, -0.25) is 13.6 Å². The van der Waals surface area contributed by atoms with Crippen LogP contribution in [0.1, 0.15) is 28.7 Å². The topological polar surface area (TPSA) is 244 Å². The number of esters is 2. The number of phosphoric ester groups is 2. The highest BCUT2D eigenvalue weighted by Gasteiger charge is 2.14. The summed E-state index contributed by atoms with van der Waals surface area (Å²) in [6.45, 7) is 11.3. The van der Waals surface area contributed by atoms with Crippen molar-refractivity contribution in [2.24, 2.45) is 0 Å². The molecule has 0 aliphatic heterocycles. The van der Waals surface area contributed by atoms with Gasteiger partial charge in [-0.05, 0) is 13.8 Å². The molecule has 0 heterocycles. The summed E-state index contributed by atoms with van der Waals surface area (Å²) >= 11 is 0. The van der Waals surface area contributed by atoms with Crippen molar-refractivity contribution in [2.75, 3.05) is 26.4 Å². The smallest absolute Gasteiger partial charge is 0.460 e. The Morgan fingerprint density at radius 1 is 0.706 bits per heavy atom. The highest BCUT2D eigenvalue weighted by atomic mass is 31.2. The second-order valence-corrected chi connectivity index (χ2v) is 9.27. The Hall–Kier alpha value is -1.47. The van der Waals surface area contributed by atoms with Gasteiger partial charge in [-0.2, -0.15) is 0 Å². The molecule has 0 spiro atoms. The van der Waals surface area contributed by atoms with Crippen LogP contribution < -0.4 is 0 Å². The molecule has 0 aliphatic carbocycles. The molecule has 18 heteroatoms. The molecule has 0 saturated carbocycles. The van der Waals surface area contributed by atoms with Gasteiger partial charge in [0.05, 0.1) is 13.2 Å². The Morgan fingerprint density at radius 2 is 0.941 bits per heavy atom. The van der Waals surface area contributed by atoms with Crippen molar-refractivity contribution in [1.29, 1.82) is 0 Å². The molecule has 0 aliphatic rings. The van der Waals surface area contributed by atoms with Gasteiger partial charge in [-0.25, -0.2) is 18.7 Å². The second kappa shape index (κ2) is 20.9. The van der Waals surface area contributed by atoms with Gasteiger partial charge in [-0.1, -0.05) is 34.6 Å². The van der Waals surface area contributed by atoms with Crippen LogP contribution in [-0.4, -0.2) is 67.7 Å². The Balaban J connectivity index is -0.000000128. The molecule has 0 aromatic heterocycles. The third-order valence-corrected chi connectivity index (χ3v) is 3.60. The van der Waals surface area contributed by atoms with E-state index >= 15 is 0 Å². The molecule has 0 radical (unpaired) electrons. The maximum absolute atomic E-state index is 10.7. The van der Waals surface area contributed by atoms with Crippen molar-refractivity contribution in [3.8, 4) is 0 Å². The molecule has 204 valence electrons. The van der Waals surface area contributed by atoms with Gasteiger partial charge < -0.3 is 38.8 Å². The first-order chi connectivity index (χ1) is 14.2. The van der Waals surface area contributed by atoms with Gasteiger partial charge in [0.2, 0.25) is 0 Å². The molecule has 6 N–H and O–H groups in total. The fourth-order valence-electron chi connectivity index (χ4n) is 0.827. The monoisotopic (exact) mass is 560 g/mol. The first-order valence-electron chi connectivity index (χ1n) is 7.96. The summed E-state index contributed by atoms with van der Waals surface area (Å²) in [5, 5.41) is 0. The van der Waals surface area contributed by atoms with Crippen LogP contribution in [-0.2, 0) is 41.8 Å². The van der Waals surface area contributed by atoms with Crippen LogP contribution in [0.4, 0.5) is 0 Å². The highest BCUT2D eigenvalue weighted by Crippen LogP contribution is 2.36. The minimum atomic E-state index is -4.46. The van der Waals surface area contributed by atoms with Crippen molar-refractivity contribution in [3.63, 3.8) is 0 Å². The van der Waals surface area contributed by atoms with E-state index in [1.807, 2.05) is 0 Å². The highest BCUT2D eigenvalue weighted by molar-refractivity contribution is 7.55. The average Bonchev–Trinajstić information content (AvgIpc) is 2.60. The summed E-state index contributed by atoms with van der Waals surface area (Å²) in [6.07, 6.45) is 0. The first kappa shape index (κ1) is 42.7. The third kappa shape index (κ3) is 40.8. The van der Waals surface area contributed by atoms with Crippen molar-refractivity contribution >= 4 is 35.2 Å². The lowest BCUT2D eigenvalue weighted by Crippen LogP contribution is -2.10. The van der Waals surface area contributed by atoms with Gasteiger partial charge in [-0.15, -0.1) is 0 Å². The number of rotatable bonds is 11. The molecule has 0 fully saturated rings. The first-order valence-corrected chi connectivity index (χ1v) is 12.7. The standard InChI is InChI=1S/2C6H11O6P.C2H5O3P.2CH4/c2*1-5(2)6(7)11-3-4-12-13(8,9)10;1-2-6(3,4)5;;/h2*1,3-4H2,2H3,(H2,8,9,10);2H,1H2,(H2,3,4,5);2*1H4. The Kier molecular flexibility index (Phi) is 26.2. The molecule has 0 amide bonds. The van der Waals surface area contributed by atoms with Crippen molar-refractivity contribution in [3.05, 3.63) is 36.7 Å². The van der Waals surface area contributed by atoms with Gasteiger partial charge in [0.1, 0.15) is 13.2 Å². The lowest BCUT2D eigenvalue weighted by Gasteiger charge is -2.05. The van der Waals surface area contributed by atoms with Gasteiger partial charge in [0.15, 0.2) is 0 Å². The van der Waals surface area contributed by atoms with Gasteiger partial charge in [0.25, 0.3) is 0 Å². The zero-order chi connectivity index (χ0) is 26.2. The lowest BCUT2D eigenvalue weighted by molar-refractivity contribution is -0.140. The Bertz CT molecular complexity index is 723. The predicted octanol–water partition coefficient (Wildman–Crippen LogP) is 2.01. The third-order valence-electron chi connectivity index (χ3n) is 2.09.